The molecule has 86 valence electrons. The fraction of sp³-hybridized carbons (Fsp3) is 0.167. The van der Waals surface area contributed by atoms with Crippen LogP contribution in [0.25, 0.3) is 10.8 Å². The predicted octanol–water partition coefficient (Wildman–Crippen LogP) is -0.180. The Hall–Kier alpha value is -0.390. The summed E-state index contributed by atoms with van der Waals surface area (Å²) < 4.78 is 31.3. The molecule has 0 aliphatic carbocycles. The zero-order valence-corrected chi connectivity index (χ0v) is 12.9. The summed E-state index contributed by atoms with van der Waals surface area (Å²) in [6.07, 6.45) is 0. The summed E-state index contributed by atoms with van der Waals surface area (Å²) in [6, 6.07) is 9.06. The van der Waals surface area contributed by atoms with E-state index >= 15 is 0 Å². The van der Waals surface area contributed by atoms with Crippen LogP contribution in [-0.4, -0.2) is 13.0 Å². The predicted molar refractivity (Wildman–Crippen MR) is 64.3 cm³/mol. The van der Waals surface area contributed by atoms with Gasteiger partial charge in [0.05, 0.1) is 4.90 Å². The van der Waals surface area contributed by atoms with Crippen LogP contribution in [0, 0.1) is 13.8 Å². The molecule has 0 aliphatic heterocycles. The van der Waals surface area contributed by atoms with Gasteiger partial charge in [0.15, 0.2) is 0 Å². The van der Waals surface area contributed by atoms with Crippen molar-refractivity contribution < 1.29 is 44.0 Å². The molecule has 2 aromatic carbocycles. The van der Waals surface area contributed by atoms with Crippen LogP contribution in [0.4, 0.5) is 0 Å². The van der Waals surface area contributed by atoms with Crippen molar-refractivity contribution in [2.24, 2.45) is 0 Å². The van der Waals surface area contributed by atoms with Crippen molar-refractivity contribution in [1.82, 2.24) is 0 Å². The maximum Gasteiger partial charge on any atom is 1.00 e. The van der Waals surface area contributed by atoms with Gasteiger partial charge in [-0.15, -0.1) is 0 Å². The summed E-state index contributed by atoms with van der Waals surface area (Å²) in [5.41, 5.74) is 1.61. The van der Waals surface area contributed by atoms with Gasteiger partial charge in [0.2, 0.25) is 0 Å². The van der Waals surface area contributed by atoms with Gasteiger partial charge in [-0.25, -0.2) is 0 Å². The van der Waals surface area contributed by atoms with Crippen molar-refractivity contribution >= 4 is 20.9 Å². The first-order valence-corrected chi connectivity index (χ1v) is 6.30. The molecular weight excluding hydrogens is 247 g/mol. The van der Waals surface area contributed by atoms with Crippen molar-refractivity contribution in [2.45, 2.75) is 18.7 Å². The van der Waals surface area contributed by atoms with Gasteiger partial charge in [0.25, 0.3) is 10.1 Å². The summed E-state index contributed by atoms with van der Waals surface area (Å²) in [7, 11) is -4.14. The first-order chi connectivity index (χ1) is 7.38. The molecule has 1 N–H and O–H groups in total. The van der Waals surface area contributed by atoms with Crippen molar-refractivity contribution in [3.8, 4) is 0 Å². The molecule has 0 spiro atoms. The summed E-state index contributed by atoms with van der Waals surface area (Å²) in [5, 5.41) is 1.79. The first kappa shape index (κ1) is 14.7. The van der Waals surface area contributed by atoms with Crippen LogP contribution in [0.5, 0.6) is 0 Å². The Morgan fingerprint density at radius 2 is 1.71 bits per heavy atom. The van der Waals surface area contributed by atoms with E-state index in [1.165, 1.54) is 6.07 Å². The molecule has 0 fully saturated rings. The van der Waals surface area contributed by atoms with Crippen LogP contribution in [-0.2, 0) is 10.1 Å². The minimum atomic E-state index is -4.14. The van der Waals surface area contributed by atoms with Crippen molar-refractivity contribution in [3.05, 3.63) is 41.5 Å². The van der Waals surface area contributed by atoms with Crippen molar-refractivity contribution in [2.75, 3.05) is 0 Å². The Kier molecular flexibility index (Phi) is 4.38. The van der Waals surface area contributed by atoms with Gasteiger partial charge in [-0.05, 0) is 36.2 Å². The number of hydrogen-bond acceptors (Lipinski definition) is 2. The first-order valence-electron chi connectivity index (χ1n) is 4.86. The zero-order valence-electron chi connectivity index (χ0n) is 11.1. The molecule has 3 nitrogen and oxygen atoms in total. The number of fused-ring (bicyclic) bond motifs is 1. The molecule has 0 unspecified atom stereocenters. The second-order valence-corrected chi connectivity index (χ2v) is 5.33. The normalized spacial score (nSPS) is 11.2. The third kappa shape index (κ3) is 3.09. The molecule has 2 rings (SSSR count). The third-order valence-corrected chi connectivity index (χ3v) is 3.56. The Morgan fingerprint density at radius 1 is 1.06 bits per heavy atom. The molecule has 5 heteroatoms. The van der Waals surface area contributed by atoms with Crippen LogP contribution in [0.1, 0.15) is 12.6 Å². The molecule has 0 saturated carbocycles. The quantitative estimate of drug-likeness (QED) is 0.571. The van der Waals surface area contributed by atoms with E-state index in [0.717, 1.165) is 16.3 Å². The molecule has 0 aromatic heterocycles. The topological polar surface area (TPSA) is 54.4 Å². The Bertz CT molecular complexity index is 668. The summed E-state index contributed by atoms with van der Waals surface area (Å²) >= 11 is 0. The maximum absolute atomic E-state index is 11.1. The second-order valence-electron chi connectivity index (χ2n) is 3.94. The number of benzene rings is 2. The minimum Gasteiger partial charge on any atom is -1.00 e. The van der Waals surface area contributed by atoms with E-state index in [9.17, 15) is 8.42 Å². The Morgan fingerprint density at radius 3 is 2.29 bits per heavy atom. The third-order valence-electron chi connectivity index (χ3n) is 2.57. The minimum absolute atomic E-state index is 0. The monoisotopic (exact) mass is 260 g/mol. The number of rotatable bonds is 1. The van der Waals surface area contributed by atoms with E-state index in [4.69, 9.17) is 4.55 Å². The average Bonchev–Trinajstić information content (AvgIpc) is 2.16. The smallest absolute Gasteiger partial charge is 1.00 e. The molecule has 0 radical (unpaired) electrons. The fourth-order valence-corrected chi connectivity index (χ4v) is 2.53. The molecule has 0 aliphatic rings. The van der Waals surface area contributed by atoms with Gasteiger partial charge in [0, 0.05) is 0 Å². The van der Waals surface area contributed by atoms with E-state index in [-0.39, 0.29) is 35.9 Å². The van der Waals surface area contributed by atoms with Crippen LogP contribution in [0.3, 0.4) is 0 Å². The van der Waals surface area contributed by atoms with E-state index < -0.39 is 10.1 Å². The standard InChI is InChI=1S/C12H12O3S.Na.H/c1-8-3-4-10-6-9(2)12(16(13,14)15)7-11(10)5-8;;/h3-7H,1-2H3,(H,13,14,15);;/q;+1;-1. The molecule has 0 atom stereocenters. The van der Waals surface area contributed by atoms with Crippen molar-refractivity contribution in [3.63, 3.8) is 0 Å². The molecule has 2 aromatic rings. The summed E-state index contributed by atoms with van der Waals surface area (Å²) in [5.74, 6) is 0. The van der Waals surface area contributed by atoms with Crippen LogP contribution >= 0.6 is 0 Å². The van der Waals surface area contributed by atoms with Crippen LogP contribution in [0.15, 0.2) is 35.2 Å². The molecule has 0 amide bonds. The van der Waals surface area contributed by atoms with Crippen molar-refractivity contribution in [1.29, 1.82) is 0 Å². The molecule has 17 heavy (non-hydrogen) atoms. The number of hydrogen-bond donors (Lipinski definition) is 1. The summed E-state index contributed by atoms with van der Waals surface area (Å²) in [4.78, 5) is -0.0226. The molecule has 0 heterocycles. The van der Waals surface area contributed by atoms with E-state index in [0.29, 0.717) is 5.56 Å². The van der Waals surface area contributed by atoms with Gasteiger partial charge >= 0.3 is 29.6 Å². The SMILES string of the molecule is Cc1ccc2cc(C)c(S(=O)(=O)O)cc2c1.[H-].[Na+]. The van der Waals surface area contributed by atoms with E-state index in [2.05, 4.69) is 0 Å². The zero-order chi connectivity index (χ0) is 11.9. The van der Waals surface area contributed by atoms with Gasteiger partial charge in [-0.1, -0.05) is 29.8 Å². The van der Waals surface area contributed by atoms with E-state index in [1.54, 1.807) is 13.0 Å². The molecular formula is C12H13NaO3S. The van der Waals surface area contributed by atoms with Gasteiger partial charge in [-0.2, -0.15) is 8.42 Å². The van der Waals surface area contributed by atoms with Gasteiger partial charge in [-0.3, -0.25) is 4.55 Å². The number of aryl methyl sites for hydroxylation is 2. The van der Waals surface area contributed by atoms with Crippen LogP contribution < -0.4 is 29.6 Å². The van der Waals surface area contributed by atoms with Crippen LogP contribution in [0.2, 0.25) is 0 Å². The summed E-state index contributed by atoms with van der Waals surface area (Å²) in [6.45, 7) is 3.61. The van der Waals surface area contributed by atoms with Gasteiger partial charge < -0.3 is 1.43 Å². The Balaban J connectivity index is 0.00000144. The molecule has 0 bridgehead atoms. The largest absolute Gasteiger partial charge is 1.00 e. The average molecular weight is 260 g/mol. The maximum atomic E-state index is 11.1. The fourth-order valence-electron chi connectivity index (χ4n) is 1.79. The molecule has 0 saturated heterocycles. The van der Waals surface area contributed by atoms with Gasteiger partial charge in [0.1, 0.15) is 0 Å². The van der Waals surface area contributed by atoms with E-state index in [1.807, 2.05) is 25.1 Å². The second kappa shape index (κ2) is 5.08. The Labute approximate surface area is 124 Å².